The molecule has 0 radical (unpaired) electrons. The molecule has 3 aromatic carbocycles. The number of halogens is 2. The smallest absolute Gasteiger partial charge is 0.247 e. The van der Waals surface area contributed by atoms with Crippen molar-refractivity contribution in [2.45, 2.75) is 51.2 Å². The second kappa shape index (κ2) is 13.5. The van der Waals surface area contributed by atoms with E-state index in [1.807, 2.05) is 30.3 Å². The third kappa shape index (κ3) is 7.36. The van der Waals surface area contributed by atoms with Crippen LogP contribution in [-0.4, -0.2) is 47.0 Å². The van der Waals surface area contributed by atoms with Gasteiger partial charge in [0.2, 0.25) is 17.7 Å². The molecule has 0 saturated heterocycles. The number of nitrogens with zero attached hydrogens (tertiary/aromatic N) is 1. The number of aryl methyl sites for hydroxylation is 1. The van der Waals surface area contributed by atoms with Crippen LogP contribution in [0, 0.1) is 12.7 Å². The van der Waals surface area contributed by atoms with E-state index in [1.54, 1.807) is 31.2 Å². The highest BCUT2D eigenvalue weighted by atomic mass is 35.5. The van der Waals surface area contributed by atoms with Gasteiger partial charge < -0.3 is 21.3 Å². The summed E-state index contributed by atoms with van der Waals surface area (Å²) in [4.78, 5) is 54.2. The molecule has 1 aliphatic heterocycles. The molecule has 8 nitrogen and oxygen atoms in total. The van der Waals surface area contributed by atoms with Gasteiger partial charge in [-0.25, -0.2) is 4.39 Å². The summed E-state index contributed by atoms with van der Waals surface area (Å²) in [5, 5.41) is 5.45. The lowest BCUT2D eigenvalue weighted by Gasteiger charge is -2.36. The minimum absolute atomic E-state index is 0.000387. The molecule has 0 unspecified atom stereocenters. The van der Waals surface area contributed by atoms with Gasteiger partial charge in [0, 0.05) is 36.4 Å². The predicted octanol–water partition coefficient (Wildman–Crippen LogP) is 4.18. The number of hydrogen-bond acceptors (Lipinski definition) is 5. The average molecular weight is 579 g/mol. The third-order valence-corrected chi connectivity index (χ3v) is 7.53. The molecule has 2 atom stereocenters. The fourth-order valence-electron chi connectivity index (χ4n) is 4.83. The Hall–Kier alpha value is -4.08. The molecule has 4 rings (SSSR count). The Morgan fingerprint density at radius 1 is 1.02 bits per heavy atom. The maximum Gasteiger partial charge on any atom is 0.247 e. The normalized spacial score (nSPS) is 15.0. The zero-order chi connectivity index (χ0) is 29.5. The molecule has 10 heteroatoms. The largest absolute Gasteiger partial charge is 0.342 e. The van der Waals surface area contributed by atoms with Crippen LogP contribution in [-0.2, 0) is 27.3 Å². The van der Waals surface area contributed by atoms with Crippen LogP contribution in [0.15, 0.2) is 66.7 Å². The summed E-state index contributed by atoms with van der Waals surface area (Å²) in [6, 6.07) is 16.8. The van der Waals surface area contributed by atoms with Crippen molar-refractivity contribution in [1.29, 1.82) is 0 Å². The monoisotopic (exact) mass is 578 g/mol. The molecule has 3 amide bonds. The first-order valence-electron chi connectivity index (χ1n) is 13.4. The van der Waals surface area contributed by atoms with Crippen LogP contribution in [0.25, 0.3) is 0 Å². The Morgan fingerprint density at radius 3 is 2.41 bits per heavy atom. The Kier molecular flexibility index (Phi) is 9.86. The highest BCUT2D eigenvalue weighted by Gasteiger charge is 2.36. The highest BCUT2D eigenvalue weighted by molar-refractivity contribution is 6.31. The first-order valence-corrected chi connectivity index (χ1v) is 13.8. The summed E-state index contributed by atoms with van der Waals surface area (Å²) < 4.78 is 14.4. The molecule has 0 fully saturated rings. The Morgan fingerprint density at radius 2 is 1.71 bits per heavy atom. The lowest BCUT2D eigenvalue weighted by Crippen LogP contribution is -2.56. The fraction of sp³-hybridized carbons (Fsp3) is 0.290. The molecule has 0 saturated carbocycles. The minimum Gasteiger partial charge on any atom is -0.342 e. The zero-order valence-electron chi connectivity index (χ0n) is 22.7. The zero-order valence-corrected chi connectivity index (χ0v) is 23.4. The number of ketones is 1. The maximum absolute atomic E-state index is 14.4. The number of rotatable bonds is 10. The predicted molar refractivity (Wildman–Crippen MR) is 155 cm³/mol. The van der Waals surface area contributed by atoms with E-state index >= 15 is 0 Å². The van der Waals surface area contributed by atoms with Crippen LogP contribution in [0.4, 0.5) is 10.1 Å². The number of nitrogens with two attached hydrogens (primary N) is 1. The molecule has 0 bridgehead atoms. The quantitative estimate of drug-likeness (QED) is 0.312. The van der Waals surface area contributed by atoms with Crippen molar-refractivity contribution >= 4 is 40.8 Å². The molecule has 41 heavy (non-hydrogen) atoms. The average Bonchev–Trinajstić information content (AvgIpc) is 2.97. The first-order chi connectivity index (χ1) is 19.7. The number of amides is 3. The van der Waals surface area contributed by atoms with E-state index in [4.69, 9.17) is 17.3 Å². The third-order valence-electron chi connectivity index (χ3n) is 7.13. The number of fused-ring (bicyclic) bond motifs is 1. The van der Waals surface area contributed by atoms with E-state index < -0.39 is 29.7 Å². The molecule has 214 valence electrons. The van der Waals surface area contributed by atoms with Gasteiger partial charge in [-0.2, -0.15) is 0 Å². The molecule has 3 aromatic rings. The Labute approximate surface area is 243 Å². The molecule has 4 N–H and O–H groups in total. The number of carbonyl (C=O) groups excluding carboxylic acids is 4. The molecular formula is C31H32ClFN4O4. The number of hydrogen-bond donors (Lipinski definition) is 3. The molecule has 0 aromatic heterocycles. The second-order valence-electron chi connectivity index (χ2n) is 10.0. The van der Waals surface area contributed by atoms with Crippen LogP contribution < -0.4 is 16.4 Å². The highest BCUT2D eigenvalue weighted by Crippen LogP contribution is 2.26. The van der Waals surface area contributed by atoms with Crippen LogP contribution in [0.5, 0.6) is 0 Å². The van der Waals surface area contributed by atoms with Crippen LogP contribution >= 0.6 is 11.6 Å². The van der Waals surface area contributed by atoms with E-state index in [-0.39, 0.29) is 61.2 Å². The van der Waals surface area contributed by atoms with Gasteiger partial charge in [-0.3, -0.25) is 19.2 Å². The molecular weight excluding hydrogens is 547 g/mol. The van der Waals surface area contributed by atoms with Crippen molar-refractivity contribution in [3.63, 3.8) is 0 Å². The number of anilines is 1. The number of nitrogens with one attached hydrogen (secondary N) is 2. The van der Waals surface area contributed by atoms with Crippen molar-refractivity contribution in [3.8, 4) is 0 Å². The van der Waals surface area contributed by atoms with Crippen molar-refractivity contribution in [2.75, 3.05) is 11.9 Å². The van der Waals surface area contributed by atoms with Gasteiger partial charge in [0.15, 0.2) is 5.78 Å². The topological polar surface area (TPSA) is 122 Å². The molecule has 1 heterocycles. The van der Waals surface area contributed by atoms with Crippen molar-refractivity contribution in [1.82, 2.24) is 10.2 Å². The summed E-state index contributed by atoms with van der Waals surface area (Å²) in [6.07, 6.45) is 0.262. The van der Waals surface area contributed by atoms with Gasteiger partial charge in [-0.15, -0.1) is 0 Å². The summed E-state index contributed by atoms with van der Waals surface area (Å²) in [5.41, 5.74) is 8.56. The van der Waals surface area contributed by atoms with Gasteiger partial charge in [0.25, 0.3) is 0 Å². The van der Waals surface area contributed by atoms with Gasteiger partial charge >= 0.3 is 0 Å². The summed E-state index contributed by atoms with van der Waals surface area (Å²) in [5.74, 6) is -2.41. The fourth-order valence-corrected chi connectivity index (χ4v) is 4.98. The molecule has 0 spiro atoms. The van der Waals surface area contributed by atoms with Crippen molar-refractivity contribution in [2.24, 2.45) is 5.73 Å². The summed E-state index contributed by atoms with van der Waals surface area (Å²) >= 11 is 5.96. The maximum atomic E-state index is 14.4. The lowest BCUT2D eigenvalue weighted by molar-refractivity contribution is -0.142. The van der Waals surface area contributed by atoms with E-state index in [9.17, 15) is 23.6 Å². The second-order valence-corrected chi connectivity index (χ2v) is 10.4. The SMILES string of the molecule is Cc1cc(NC(=O)[C@H](CCN)NC(=O)[C@@H]2Cc3ccccc3CN2C(=O)CCC(=O)c2ccccc2)c(F)cc1Cl. The Balaban J connectivity index is 1.50. The van der Waals surface area contributed by atoms with Crippen molar-refractivity contribution in [3.05, 3.63) is 99.8 Å². The van der Waals surface area contributed by atoms with E-state index in [1.165, 1.54) is 11.0 Å². The standard InChI is InChI=1S/C31H32ClFN4O4/c1-19-15-26(24(33)17-23(19)32)36-30(40)25(13-14-34)35-31(41)27-16-21-9-5-6-10-22(21)18-37(27)29(39)12-11-28(38)20-7-3-2-4-8-20/h2-10,15,17,25,27H,11-14,16,18,34H2,1H3,(H,35,41)(H,36,40)/t25-,27-/m0/s1. The van der Waals surface area contributed by atoms with Gasteiger partial charge in [-0.1, -0.05) is 66.2 Å². The van der Waals surface area contributed by atoms with Crippen LogP contribution in [0.2, 0.25) is 5.02 Å². The first kappa shape index (κ1) is 29.9. The van der Waals surface area contributed by atoms with Crippen molar-refractivity contribution < 1.29 is 23.6 Å². The molecule has 1 aliphatic rings. The van der Waals surface area contributed by atoms with E-state index in [2.05, 4.69) is 10.6 Å². The number of carbonyl (C=O) groups is 4. The van der Waals surface area contributed by atoms with Crippen LogP contribution in [0.1, 0.15) is 46.3 Å². The molecule has 0 aliphatic carbocycles. The van der Waals surface area contributed by atoms with Gasteiger partial charge in [-0.05, 0) is 48.7 Å². The number of Topliss-reactive ketones (excluding diaryl/α,β-unsaturated/α-hetero) is 1. The lowest BCUT2D eigenvalue weighted by atomic mass is 9.92. The van der Waals surface area contributed by atoms with Crippen LogP contribution in [0.3, 0.4) is 0 Å². The van der Waals surface area contributed by atoms with Gasteiger partial charge in [0.05, 0.1) is 5.69 Å². The summed E-state index contributed by atoms with van der Waals surface area (Å²) in [7, 11) is 0. The Bertz CT molecular complexity index is 1450. The van der Waals surface area contributed by atoms with E-state index in [0.717, 1.165) is 17.2 Å². The summed E-state index contributed by atoms with van der Waals surface area (Å²) in [6.45, 7) is 1.95. The van der Waals surface area contributed by atoms with Gasteiger partial charge in [0.1, 0.15) is 17.9 Å². The minimum atomic E-state index is -1.07. The van der Waals surface area contributed by atoms with E-state index in [0.29, 0.717) is 11.1 Å². The number of benzene rings is 3.